The largest absolute Gasteiger partial charge is 0.485 e. The summed E-state index contributed by atoms with van der Waals surface area (Å²) in [6, 6.07) is 13.1. The van der Waals surface area contributed by atoms with E-state index in [0.717, 1.165) is 15.7 Å². The Labute approximate surface area is 131 Å². The topological polar surface area (TPSA) is 47.6 Å². The van der Waals surface area contributed by atoms with Crippen LogP contribution in [0.2, 0.25) is 0 Å². The fraction of sp³-hybridized carbons (Fsp3) is 0.188. The molecule has 1 atom stereocenters. The number of hydrogen-bond acceptors (Lipinski definition) is 3. The molecule has 1 heterocycles. The molecule has 108 valence electrons. The third-order valence-electron chi connectivity index (χ3n) is 3.11. The van der Waals surface area contributed by atoms with Gasteiger partial charge >= 0.3 is 0 Å². The van der Waals surface area contributed by atoms with Gasteiger partial charge in [0.05, 0.1) is 0 Å². The molecule has 0 saturated carbocycles. The van der Waals surface area contributed by atoms with Crippen molar-refractivity contribution in [2.75, 3.05) is 11.9 Å². The van der Waals surface area contributed by atoms with Gasteiger partial charge in [-0.15, -0.1) is 0 Å². The zero-order valence-electron chi connectivity index (χ0n) is 11.4. The number of rotatable bonds is 2. The number of carbonyl (C=O) groups is 1. The van der Waals surface area contributed by atoms with Crippen molar-refractivity contribution in [2.24, 2.45) is 0 Å². The second-order valence-corrected chi connectivity index (χ2v) is 5.79. The lowest BCUT2D eigenvalue weighted by Crippen LogP contribution is -2.40. The van der Waals surface area contributed by atoms with Gasteiger partial charge in [0.2, 0.25) is 6.10 Å². The maximum Gasteiger partial charge on any atom is 0.269 e. The van der Waals surface area contributed by atoms with Crippen LogP contribution in [0.15, 0.2) is 46.9 Å². The minimum Gasteiger partial charge on any atom is -0.485 e. The number of benzene rings is 2. The van der Waals surface area contributed by atoms with E-state index in [4.69, 9.17) is 9.47 Å². The lowest BCUT2D eigenvalue weighted by Gasteiger charge is -2.25. The normalized spacial score (nSPS) is 16.4. The molecule has 3 rings (SSSR count). The fourth-order valence-electron chi connectivity index (χ4n) is 2.18. The third-order valence-corrected chi connectivity index (χ3v) is 3.57. The summed E-state index contributed by atoms with van der Waals surface area (Å²) in [6.07, 6.45) is -0.654. The van der Waals surface area contributed by atoms with Gasteiger partial charge in [0.1, 0.15) is 6.61 Å². The summed E-state index contributed by atoms with van der Waals surface area (Å²) in [5, 5.41) is 2.85. The second-order valence-electron chi connectivity index (χ2n) is 4.87. The second kappa shape index (κ2) is 5.77. The monoisotopic (exact) mass is 347 g/mol. The van der Waals surface area contributed by atoms with Crippen molar-refractivity contribution in [3.05, 3.63) is 52.5 Å². The van der Waals surface area contributed by atoms with Crippen LogP contribution in [0.3, 0.4) is 0 Å². The van der Waals surface area contributed by atoms with Crippen LogP contribution >= 0.6 is 15.9 Å². The van der Waals surface area contributed by atoms with Crippen LogP contribution in [0.25, 0.3) is 0 Å². The third kappa shape index (κ3) is 3.19. The Morgan fingerprint density at radius 2 is 2.00 bits per heavy atom. The van der Waals surface area contributed by atoms with Crippen molar-refractivity contribution < 1.29 is 14.3 Å². The molecule has 21 heavy (non-hydrogen) atoms. The SMILES string of the molecule is Cc1cc(Br)cc(NC(=O)C2COc3ccccc3O2)c1. The first kappa shape index (κ1) is 13.9. The molecule has 1 unspecified atom stereocenters. The molecule has 2 aromatic rings. The average Bonchev–Trinajstić information content (AvgIpc) is 2.45. The molecule has 5 heteroatoms. The van der Waals surface area contributed by atoms with Gasteiger partial charge in [-0.1, -0.05) is 28.1 Å². The Bertz CT molecular complexity index is 667. The molecule has 0 saturated heterocycles. The summed E-state index contributed by atoms with van der Waals surface area (Å²) >= 11 is 3.41. The minimum absolute atomic E-state index is 0.204. The molecule has 2 aromatic carbocycles. The highest BCUT2D eigenvalue weighted by Crippen LogP contribution is 2.31. The van der Waals surface area contributed by atoms with Crippen molar-refractivity contribution in [1.82, 2.24) is 0 Å². The van der Waals surface area contributed by atoms with Gasteiger partial charge in [-0.2, -0.15) is 0 Å². The van der Waals surface area contributed by atoms with E-state index in [1.54, 1.807) is 6.07 Å². The summed E-state index contributed by atoms with van der Waals surface area (Å²) in [5.41, 5.74) is 1.79. The van der Waals surface area contributed by atoms with E-state index >= 15 is 0 Å². The average molecular weight is 348 g/mol. The number of carbonyl (C=O) groups excluding carboxylic acids is 1. The van der Waals surface area contributed by atoms with Crippen LogP contribution in [-0.2, 0) is 4.79 Å². The van der Waals surface area contributed by atoms with Crippen LogP contribution in [-0.4, -0.2) is 18.6 Å². The van der Waals surface area contributed by atoms with E-state index in [9.17, 15) is 4.79 Å². The quantitative estimate of drug-likeness (QED) is 0.903. The number of para-hydroxylation sites is 2. The zero-order chi connectivity index (χ0) is 14.8. The molecule has 1 aliphatic heterocycles. The van der Waals surface area contributed by atoms with E-state index in [1.165, 1.54) is 0 Å². The van der Waals surface area contributed by atoms with Crippen LogP contribution < -0.4 is 14.8 Å². The lowest BCUT2D eigenvalue weighted by atomic mass is 10.2. The smallest absolute Gasteiger partial charge is 0.269 e. The summed E-state index contributed by atoms with van der Waals surface area (Å²) in [4.78, 5) is 12.3. The van der Waals surface area contributed by atoms with Crippen LogP contribution in [0.4, 0.5) is 5.69 Å². The highest BCUT2D eigenvalue weighted by atomic mass is 79.9. The summed E-state index contributed by atoms with van der Waals surface area (Å²) in [5.74, 6) is 1.04. The number of anilines is 1. The Balaban J connectivity index is 1.72. The lowest BCUT2D eigenvalue weighted by molar-refractivity contribution is -0.125. The van der Waals surface area contributed by atoms with E-state index in [0.29, 0.717) is 11.5 Å². The van der Waals surface area contributed by atoms with Crippen LogP contribution in [0.5, 0.6) is 11.5 Å². The van der Waals surface area contributed by atoms with Crippen molar-refractivity contribution in [3.8, 4) is 11.5 Å². The number of hydrogen-bond donors (Lipinski definition) is 1. The number of fused-ring (bicyclic) bond motifs is 1. The fourth-order valence-corrected chi connectivity index (χ4v) is 2.79. The molecule has 4 nitrogen and oxygen atoms in total. The van der Waals surface area contributed by atoms with Crippen LogP contribution in [0.1, 0.15) is 5.56 Å². The number of halogens is 1. The van der Waals surface area contributed by atoms with E-state index in [2.05, 4.69) is 21.2 Å². The molecular weight excluding hydrogens is 334 g/mol. The predicted molar refractivity (Wildman–Crippen MR) is 83.9 cm³/mol. The highest BCUT2D eigenvalue weighted by molar-refractivity contribution is 9.10. The molecular formula is C16H14BrNO3. The van der Waals surface area contributed by atoms with Gasteiger partial charge in [0.25, 0.3) is 5.91 Å². The molecule has 0 spiro atoms. The molecule has 0 radical (unpaired) electrons. The van der Waals surface area contributed by atoms with Gasteiger partial charge in [-0.25, -0.2) is 0 Å². The molecule has 1 aliphatic rings. The maximum atomic E-state index is 12.3. The first-order chi connectivity index (χ1) is 10.1. The highest BCUT2D eigenvalue weighted by Gasteiger charge is 2.27. The molecule has 0 aliphatic carbocycles. The van der Waals surface area contributed by atoms with Crippen molar-refractivity contribution in [1.29, 1.82) is 0 Å². The number of ether oxygens (including phenoxy) is 2. The molecule has 0 fully saturated rings. The Morgan fingerprint density at radius 1 is 1.24 bits per heavy atom. The Hall–Kier alpha value is -2.01. The van der Waals surface area contributed by atoms with E-state index in [-0.39, 0.29) is 12.5 Å². The molecule has 0 bridgehead atoms. The van der Waals surface area contributed by atoms with Gasteiger partial charge in [-0.05, 0) is 42.8 Å². The van der Waals surface area contributed by atoms with Crippen LogP contribution in [0, 0.1) is 6.92 Å². The first-order valence-corrected chi connectivity index (χ1v) is 7.38. The predicted octanol–water partition coefficient (Wildman–Crippen LogP) is 3.54. The standard InChI is InChI=1S/C16H14BrNO3/c1-10-6-11(17)8-12(7-10)18-16(19)15-9-20-13-4-2-3-5-14(13)21-15/h2-8,15H,9H2,1H3,(H,18,19). The Kier molecular flexibility index (Phi) is 3.84. The van der Waals surface area contributed by atoms with E-state index in [1.807, 2.05) is 43.3 Å². The van der Waals surface area contributed by atoms with Crippen molar-refractivity contribution >= 4 is 27.5 Å². The van der Waals surface area contributed by atoms with Crippen molar-refractivity contribution in [3.63, 3.8) is 0 Å². The first-order valence-electron chi connectivity index (χ1n) is 6.58. The number of amides is 1. The van der Waals surface area contributed by atoms with Crippen molar-refractivity contribution in [2.45, 2.75) is 13.0 Å². The summed E-state index contributed by atoms with van der Waals surface area (Å²) in [7, 11) is 0. The van der Waals surface area contributed by atoms with E-state index < -0.39 is 6.10 Å². The molecule has 1 N–H and O–H groups in total. The van der Waals surface area contributed by atoms with Gasteiger partial charge in [0.15, 0.2) is 11.5 Å². The number of aryl methyl sites for hydroxylation is 1. The van der Waals surface area contributed by atoms with Gasteiger partial charge < -0.3 is 14.8 Å². The maximum absolute atomic E-state index is 12.3. The summed E-state index contributed by atoms with van der Waals surface area (Å²) in [6.45, 7) is 2.17. The zero-order valence-corrected chi connectivity index (χ0v) is 13.0. The van der Waals surface area contributed by atoms with Gasteiger partial charge in [-0.3, -0.25) is 4.79 Å². The molecule has 1 amide bonds. The molecule has 0 aromatic heterocycles. The number of nitrogens with one attached hydrogen (secondary N) is 1. The van der Waals surface area contributed by atoms with Gasteiger partial charge in [0, 0.05) is 10.2 Å². The summed E-state index contributed by atoms with van der Waals surface area (Å²) < 4.78 is 12.1. The minimum atomic E-state index is -0.654. The Morgan fingerprint density at radius 3 is 2.76 bits per heavy atom.